The summed E-state index contributed by atoms with van der Waals surface area (Å²) in [4.78, 5) is 25.1. The predicted molar refractivity (Wildman–Crippen MR) is 361 cm³/mol. The number of aliphatic hydroxyl groups excluding tert-OH is 5. The van der Waals surface area contributed by atoms with Crippen LogP contribution in [0.4, 0.5) is 0 Å². The largest absolute Gasteiger partial charge is 0.466 e. The summed E-state index contributed by atoms with van der Waals surface area (Å²) in [6.45, 7) is 4.36. The number of carbonyl (C=O) groups is 2. The molecule has 0 aromatic rings. The van der Waals surface area contributed by atoms with Gasteiger partial charge in [-0.2, -0.15) is 0 Å². The number of amides is 1. The molecule has 11 nitrogen and oxygen atoms in total. The van der Waals surface area contributed by atoms with Crippen LogP contribution in [-0.4, -0.2) is 100 Å². The van der Waals surface area contributed by atoms with Gasteiger partial charge in [0.25, 0.3) is 0 Å². The summed E-state index contributed by atoms with van der Waals surface area (Å²) in [6, 6.07) is -0.805. The topological polar surface area (TPSA) is 175 Å². The van der Waals surface area contributed by atoms with Crippen molar-refractivity contribution in [3.63, 3.8) is 0 Å². The SMILES string of the molecule is CCCCCCCCC/C=C/C(O)C(COC1OC(CO)C(O)C(O)C1O)NC(=O)CCCCCCCCCCCCCCCCCCC/C=C\CCCCCCCCCCCCCCCCCCOC(=O)CCCCCCCCCCCCCC. The molecule has 1 aliphatic heterocycles. The lowest BCUT2D eigenvalue weighted by molar-refractivity contribution is -0.302. The van der Waals surface area contributed by atoms with Crippen molar-refractivity contribution in [2.75, 3.05) is 19.8 Å². The maximum atomic E-state index is 13.0. The van der Waals surface area contributed by atoms with E-state index in [9.17, 15) is 35.1 Å². The second kappa shape index (κ2) is 64.7. The van der Waals surface area contributed by atoms with Crippen molar-refractivity contribution in [3.8, 4) is 0 Å². The van der Waals surface area contributed by atoms with Crippen LogP contribution in [0.2, 0.25) is 0 Å². The lowest BCUT2D eigenvalue weighted by Crippen LogP contribution is -2.60. The van der Waals surface area contributed by atoms with Crippen LogP contribution in [0.1, 0.15) is 380 Å². The highest BCUT2D eigenvalue weighted by atomic mass is 16.7. The zero-order valence-corrected chi connectivity index (χ0v) is 56.6. The van der Waals surface area contributed by atoms with Gasteiger partial charge in [-0.05, 0) is 57.8 Å². The molecule has 7 unspecified atom stereocenters. The van der Waals surface area contributed by atoms with Gasteiger partial charge in [-0.3, -0.25) is 9.59 Å². The normalized spacial score (nSPS) is 18.0. The van der Waals surface area contributed by atoms with Crippen LogP contribution in [0.5, 0.6) is 0 Å². The first-order valence-electron chi connectivity index (χ1n) is 37.6. The van der Waals surface area contributed by atoms with Gasteiger partial charge in [0, 0.05) is 12.8 Å². The standard InChI is InChI=1S/C75H143NO10/c1-3-5-7-9-11-13-14-43-47-51-55-59-63-71(80)84-64-60-56-52-48-44-41-39-37-35-33-31-29-27-25-23-21-19-17-15-16-18-20-22-24-26-28-30-32-34-36-38-40-42-46-50-54-58-62-70(79)76-67(68(78)61-57-53-49-45-12-10-8-6-4-2)66-85-75-74(83)73(82)72(81)69(65-77)86-75/h15,17,57,61,67-69,72-75,77-78,81-83H,3-14,16,18-56,58-60,62-66H2,1-2H3,(H,76,79)/b17-15-,61-57+. The molecule has 0 saturated carbocycles. The van der Waals surface area contributed by atoms with Crippen LogP contribution >= 0.6 is 0 Å². The number of allylic oxidation sites excluding steroid dienone is 3. The van der Waals surface area contributed by atoms with E-state index in [1.165, 1.54) is 302 Å². The van der Waals surface area contributed by atoms with Gasteiger partial charge in [0.1, 0.15) is 24.4 Å². The molecular weight excluding hydrogens is 1070 g/mol. The first kappa shape index (κ1) is 82.2. The van der Waals surface area contributed by atoms with Gasteiger partial charge < -0.3 is 45.1 Å². The van der Waals surface area contributed by atoms with Gasteiger partial charge in [0.2, 0.25) is 5.91 Å². The summed E-state index contributed by atoms with van der Waals surface area (Å²) < 4.78 is 16.7. The number of nitrogens with one attached hydrogen (secondary N) is 1. The lowest BCUT2D eigenvalue weighted by Gasteiger charge is -2.40. The summed E-state index contributed by atoms with van der Waals surface area (Å²) in [5, 5.41) is 54.3. The van der Waals surface area contributed by atoms with Crippen molar-refractivity contribution >= 4 is 11.9 Å². The van der Waals surface area contributed by atoms with E-state index in [0.717, 1.165) is 51.4 Å². The highest BCUT2D eigenvalue weighted by Gasteiger charge is 2.44. The number of rotatable bonds is 67. The van der Waals surface area contributed by atoms with Crippen LogP contribution in [-0.2, 0) is 23.8 Å². The van der Waals surface area contributed by atoms with Crippen molar-refractivity contribution in [1.29, 1.82) is 0 Å². The fourth-order valence-electron chi connectivity index (χ4n) is 12.1. The Balaban J connectivity index is 1.87. The summed E-state index contributed by atoms with van der Waals surface area (Å²) in [7, 11) is 0. The van der Waals surface area contributed by atoms with Crippen molar-refractivity contribution in [1.82, 2.24) is 5.32 Å². The van der Waals surface area contributed by atoms with E-state index >= 15 is 0 Å². The van der Waals surface area contributed by atoms with E-state index in [1.807, 2.05) is 6.08 Å². The van der Waals surface area contributed by atoms with Crippen LogP contribution in [0, 0.1) is 0 Å². The average molecular weight is 1220 g/mol. The highest BCUT2D eigenvalue weighted by molar-refractivity contribution is 5.76. The van der Waals surface area contributed by atoms with Crippen LogP contribution in [0.25, 0.3) is 0 Å². The van der Waals surface area contributed by atoms with Crippen LogP contribution in [0.15, 0.2) is 24.3 Å². The van der Waals surface area contributed by atoms with Crippen molar-refractivity contribution in [2.45, 2.75) is 423 Å². The molecule has 1 rings (SSSR count). The van der Waals surface area contributed by atoms with Crippen LogP contribution in [0.3, 0.4) is 0 Å². The van der Waals surface area contributed by atoms with Gasteiger partial charge in [0.05, 0.1) is 32.0 Å². The maximum Gasteiger partial charge on any atom is 0.305 e. The molecule has 1 amide bonds. The minimum Gasteiger partial charge on any atom is -0.466 e. The second-order valence-electron chi connectivity index (χ2n) is 26.4. The number of carbonyl (C=O) groups excluding carboxylic acids is 2. The fraction of sp³-hybridized carbons (Fsp3) is 0.920. The molecule has 0 radical (unpaired) electrons. The quantitative estimate of drug-likeness (QED) is 0.0195. The molecule has 0 aliphatic carbocycles. The summed E-state index contributed by atoms with van der Waals surface area (Å²) in [6.07, 6.45) is 72.2. The molecule has 11 heteroatoms. The van der Waals surface area contributed by atoms with Crippen molar-refractivity contribution in [3.05, 3.63) is 24.3 Å². The Kier molecular flexibility index (Phi) is 61.8. The van der Waals surface area contributed by atoms with Crippen LogP contribution < -0.4 is 5.32 Å². The summed E-state index contributed by atoms with van der Waals surface area (Å²) >= 11 is 0. The molecule has 508 valence electrons. The van der Waals surface area contributed by atoms with Crippen molar-refractivity contribution < 1.29 is 49.3 Å². The zero-order chi connectivity index (χ0) is 62.3. The third-order valence-electron chi connectivity index (χ3n) is 18.1. The Bertz CT molecular complexity index is 1480. The fourth-order valence-corrected chi connectivity index (χ4v) is 12.1. The minimum atomic E-state index is -1.57. The molecule has 1 heterocycles. The number of hydrogen-bond acceptors (Lipinski definition) is 10. The average Bonchev–Trinajstić information content (AvgIpc) is 2.71. The molecule has 1 fully saturated rings. The second-order valence-corrected chi connectivity index (χ2v) is 26.4. The summed E-state index contributed by atoms with van der Waals surface area (Å²) in [5.74, 6) is -0.161. The number of esters is 1. The minimum absolute atomic E-state index is 0.0165. The molecule has 0 spiro atoms. The molecule has 0 bridgehead atoms. The first-order chi connectivity index (χ1) is 42.2. The third kappa shape index (κ3) is 52.9. The zero-order valence-electron chi connectivity index (χ0n) is 56.6. The highest BCUT2D eigenvalue weighted by Crippen LogP contribution is 2.24. The number of hydrogen-bond donors (Lipinski definition) is 6. The van der Waals surface area contributed by atoms with E-state index in [0.29, 0.717) is 19.4 Å². The molecule has 0 aromatic heterocycles. The molecule has 1 saturated heterocycles. The maximum absolute atomic E-state index is 13.0. The smallest absolute Gasteiger partial charge is 0.305 e. The van der Waals surface area contributed by atoms with Gasteiger partial charge in [0.15, 0.2) is 6.29 Å². The molecule has 6 N–H and O–H groups in total. The van der Waals surface area contributed by atoms with Gasteiger partial charge in [-0.1, -0.05) is 334 Å². The first-order valence-corrected chi connectivity index (χ1v) is 37.6. The Labute approximate surface area is 531 Å². The molecular formula is C75H143NO10. The van der Waals surface area contributed by atoms with E-state index in [1.54, 1.807) is 6.08 Å². The number of aliphatic hydroxyl groups is 5. The molecule has 0 aromatic carbocycles. The van der Waals surface area contributed by atoms with Gasteiger partial charge >= 0.3 is 5.97 Å². The Morgan fingerprint density at radius 3 is 1.12 bits per heavy atom. The molecule has 1 aliphatic rings. The lowest BCUT2D eigenvalue weighted by atomic mass is 9.99. The van der Waals surface area contributed by atoms with Gasteiger partial charge in [-0.15, -0.1) is 0 Å². The van der Waals surface area contributed by atoms with Gasteiger partial charge in [-0.25, -0.2) is 0 Å². The Morgan fingerprint density at radius 2 is 0.744 bits per heavy atom. The van der Waals surface area contributed by atoms with E-state index in [-0.39, 0.29) is 18.5 Å². The molecule has 86 heavy (non-hydrogen) atoms. The van der Waals surface area contributed by atoms with Crippen molar-refractivity contribution in [2.24, 2.45) is 0 Å². The Morgan fingerprint density at radius 1 is 0.419 bits per heavy atom. The third-order valence-corrected chi connectivity index (χ3v) is 18.1. The monoisotopic (exact) mass is 1220 g/mol. The van der Waals surface area contributed by atoms with E-state index < -0.39 is 49.5 Å². The Hall–Kier alpha value is -1.86. The van der Waals surface area contributed by atoms with E-state index in [4.69, 9.17) is 14.2 Å². The molecule has 7 atom stereocenters. The number of unbranched alkanes of at least 4 members (excludes halogenated alkanes) is 51. The van der Waals surface area contributed by atoms with E-state index in [2.05, 4.69) is 31.3 Å². The number of ether oxygens (including phenoxy) is 3. The predicted octanol–water partition coefficient (Wildman–Crippen LogP) is 19.6. The summed E-state index contributed by atoms with van der Waals surface area (Å²) in [5.41, 5.74) is 0.